The van der Waals surface area contributed by atoms with Gasteiger partial charge in [0.05, 0.1) is 11.1 Å². The number of rotatable bonds is 7. The lowest BCUT2D eigenvalue weighted by molar-refractivity contribution is -0.122. The van der Waals surface area contributed by atoms with Crippen LogP contribution in [0.2, 0.25) is 0 Å². The Kier molecular flexibility index (Phi) is 11.8. The van der Waals surface area contributed by atoms with Gasteiger partial charge in [-0.05, 0) is 58.8 Å². The number of amides is 1. The second-order valence-electron chi connectivity index (χ2n) is 8.82. The summed E-state index contributed by atoms with van der Waals surface area (Å²) in [7, 11) is 0. The van der Waals surface area contributed by atoms with Gasteiger partial charge in [-0.3, -0.25) is 4.79 Å². The van der Waals surface area contributed by atoms with E-state index in [4.69, 9.17) is 4.74 Å². The highest BCUT2D eigenvalue weighted by Gasteiger charge is 2.13. The zero-order valence-corrected chi connectivity index (χ0v) is 20.1. The van der Waals surface area contributed by atoms with Crippen LogP contribution < -0.4 is 10.1 Å². The molecule has 0 heterocycles. The standard InChI is InChI=1S/C25H40BrNO2/c1-20(2)21-16-17-24(23(26)19-21)29-18-12-15-25(28)27-22-13-10-8-6-4-3-5-7-9-11-14-22/h16-17,19-20,22H,3-15,18H2,1-2H3,(H,27,28). The molecule has 164 valence electrons. The normalized spacial score (nSPS) is 17.4. The van der Waals surface area contributed by atoms with Gasteiger partial charge in [0.2, 0.25) is 5.91 Å². The van der Waals surface area contributed by atoms with E-state index in [2.05, 4.69) is 47.2 Å². The van der Waals surface area contributed by atoms with Crippen LogP contribution in [0.5, 0.6) is 5.75 Å². The summed E-state index contributed by atoms with van der Waals surface area (Å²) in [5, 5.41) is 3.30. The lowest BCUT2D eigenvalue weighted by Crippen LogP contribution is -2.35. The van der Waals surface area contributed by atoms with E-state index in [1.807, 2.05) is 6.07 Å². The monoisotopic (exact) mass is 465 g/mol. The summed E-state index contributed by atoms with van der Waals surface area (Å²) < 4.78 is 6.87. The van der Waals surface area contributed by atoms with Crippen LogP contribution in [-0.4, -0.2) is 18.6 Å². The Labute approximate surface area is 186 Å². The van der Waals surface area contributed by atoms with Crippen molar-refractivity contribution in [2.75, 3.05) is 6.61 Å². The molecule has 0 unspecified atom stereocenters. The molecule has 0 aliphatic heterocycles. The first kappa shape index (κ1) is 24.2. The van der Waals surface area contributed by atoms with Gasteiger partial charge in [0.25, 0.3) is 0 Å². The number of ether oxygens (including phenoxy) is 1. The van der Waals surface area contributed by atoms with Crippen LogP contribution in [0.1, 0.15) is 109 Å². The van der Waals surface area contributed by atoms with E-state index < -0.39 is 0 Å². The van der Waals surface area contributed by atoms with E-state index in [1.54, 1.807) is 0 Å². The van der Waals surface area contributed by atoms with Gasteiger partial charge < -0.3 is 10.1 Å². The van der Waals surface area contributed by atoms with Crippen LogP contribution >= 0.6 is 15.9 Å². The van der Waals surface area contributed by atoms with E-state index in [1.165, 1.54) is 63.4 Å². The Balaban J connectivity index is 1.68. The SMILES string of the molecule is CC(C)c1ccc(OCCCC(=O)NC2CCCCCCCCCCC2)c(Br)c1. The third-order valence-corrected chi connectivity index (χ3v) is 6.52. The van der Waals surface area contributed by atoms with Gasteiger partial charge >= 0.3 is 0 Å². The van der Waals surface area contributed by atoms with Crippen molar-refractivity contribution in [2.24, 2.45) is 0 Å². The molecule has 0 atom stereocenters. The second kappa shape index (κ2) is 14.1. The molecule has 29 heavy (non-hydrogen) atoms. The Morgan fingerprint density at radius 3 is 2.17 bits per heavy atom. The average molecular weight is 467 g/mol. The molecule has 1 N–H and O–H groups in total. The molecule has 4 heteroatoms. The Morgan fingerprint density at radius 1 is 1.03 bits per heavy atom. The Hall–Kier alpha value is -1.03. The molecule has 1 amide bonds. The number of nitrogens with one attached hydrogen (secondary N) is 1. The molecule has 0 aromatic heterocycles. The number of halogens is 1. The predicted octanol–water partition coefficient (Wildman–Crippen LogP) is 7.52. The fourth-order valence-corrected chi connectivity index (χ4v) is 4.53. The molecule has 1 aromatic rings. The molecule has 0 bridgehead atoms. The van der Waals surface area contributed by atoms with Gasteiger partial charge in [0.15, 0.2) is 0 Å². The molecule has 2 rings (SSSR count). The van der Waals surface area contributed by atoms with E-state index >= 15 is 0 Å². The summed E-state index contributed by atoms with van der Waals surface area (Å²) in [5.74, 6) is 1.54. The third-order valence-electron chi connectivity index (χ3n) is 5.90. The highest BCUT2D eigenvalue weighted by atomic mass is 79.9. The van der Waals surface area contributed by atoms with E-state index in [0.29, 0.717) is 25.0 Å². The molecule has 1 aliphatic carbocycles. The lowest BCUT2D eigenvalue weighted by atomic mass is 9.98. The van der Waals surface area contributed by atoms with E-state index in [0.717, 1.165) is 29.5 Å². The Bertz CT molecular complexity index is 590. The van der Waals surface area contributed by atoms with Crippen molar-refractivity contribution in [3.05, 3.63) is 28.2 Å². The zero-order valence-electron chi connectivity index (χ0n) is 18.5. The van der Waals surface area contributed by atoms with Gasteiger partial charge in [-0.2, -0.15) is 0 Å². The van der Waals surface area contributed by atoms with Crippen molar-refractivity contribution < 1.29 is 9.53 Å². The summed E-state index contributed by atoms with van der Waals surface area (Å²) in [6, 6.07) is 6.61. The van der Waals surface area contributed by atoms with Crippen LogP contribution in [0.4, 0.5) is 0 Å². The summed E-state index contributed by atoms with van der Waals surface area (Å²) in [4.78, 5) is 12.4. The summed E-state index contributed by atoms with van der Waals surface area (Å²) in [5.41, 5.74) is 1.29. The second-order valence-corrected chi connectivity index (χ2v) is 9.67. The zero-order chi connectivity index (χ0) is 20.9. The molecule has 1 fully saturated rings. The van der Waals surface area contributed by atoms with Crippen molar-refractivity contribution in [1.29, 1.82) is 0 Å². The molecule has 1 aliphatic rings. The largest absolute Gasteiger partial charge is 0.492 e. The van der Waals surface area contributed by atoms with Crippen LogP contribution in [0.25, 0.3) is 0 Å². The van der Waals surface area contributed by atoms with Crippen molar-refractivity contribution in [3.8, 4) is 5.75 Å². The maximum absolute atomic E-state index is 12.4. The smallest absolute Gasteiger partial charge is 0.220 e. The lowest BCUT2D eigenvalue weighted by Gasteiger charge is -2.19. The van der Waals surface area contributed by atoms with Crippen molar-refractivity contribution in [1.82, 2.24) is 5.32 Å². The summed E-state index contributed by atoms with van der Waals surface area (Å²) in [6.45, 7) is 4.93. The van der Waals surface area contributed by atoms with Crippen molar-refractivity contribution in [2.45, 2.75) is 109 Å². The van der Waals surface area contributed by atoms with Gasteiger partial charge in [-0.25, -0.2) is 0 Å². The minimum absolute atomic E-state index is 0.180. The fraction of sp³-hybridized carbons (Fsp3) is 0.720. The predicted molar refractivity (Wildman–Crippen MR) is 126 cm³/mol. The average Bonchev–Trinajstić information content (AvgIpc) is 2.68. The third kappa shape index (κ3) is 10.0. The maximum Gasteiger partial charge on any atom is 0.220 e. The topological polar surface area (TPSA) is 38.3 Å². The van der Waals surface area contributed by atoms with Crippen LogP contribution in [0, 0.1) is 0 Å². The first-order valence-corrected chi connectivity index (χ1v) is 12.6. The number of hydrogen-bond acceptors (Lipinski definition) is 2. The first-order chi connectivity index (χ1) is 14.1. The molecular formula is C25H40BrNO2. The molecule has 0 radical (unpaired) electrons. The van der Waals surface area contributed by atoms with Crippen LogP contribution in [-0.2, 0) is 4.79 Å². The Morgan fingerprint density at radius 2 is 1.62 bits per heavy atom. The number of benzene rings is 1. The first-order valence-electron chi connectivity index (χ1n) is 11.8. The summed E-state index contributed by atoms with van der Waals surface area (Å²) >= 11 is 3.59. The number of carbonyl (C=O) groups excluding carboxylic acids is 1. The van der Waals surface area contributed by atoms with Crippen molar-refractivity contribution in [3.63, 3.8) is 0 Å². The van der Waals surface area contributed by atoms with Gasteiger partial charge in [0.1, 0.15) is 5.75 Å². The minimum atomic E-state index is 0.180. The maximum atomic E-state index is 12.4. The fourth-order valence-electron chi connectivity index (χ4n) is 4.02. The van der Waals surface area contributed by atoms with Gasteiger partial charge in [-0.1, -0.05) is 77.7 Å². The van der Waals surface area contributed by atoms with Gasteiger partial charge in [-0.15, -0.1) is 0 Å². The quantitative estimate of drug-likeness (QED) is 0.422. The van der Waals surface area contributed by atoms with E-state index in [-0.39, 0.29) is 5.91 Å². The molecular weight excluding hydrogens is 426 g/mol. The highest BCUT2D eigenvalue weighted by molar-refractivity contribution is 9.10. The molecule has 1 saturated carbocycles. The van der Waals surface area contributed by atoms with Crippen LogP contribution in [0.15, 0.2) is 22.7 Å². The molecule has 0 saturated heterocycles. The highest BCUT2D eigenvalue weighted by Crippen LogP contribution is 2.29. The number of hydrogen-bond donors (Lipinski definition) is 1. The molecule has 1 aromatic carbocycles. The van der Waals surface area contributed by atoms with E-state index in [9.17, 15) is 4.79 Å². The van der Waals surface area contributed by atoms with Crippen LogP contribution in [0.3, 0.4) is 0 Å². The molecule has 3 nitrogen and oxygen atoms in total. The molecule has 0 spiro atoms. The number of carbonyl (C=O) groups is 1. The minimum Gasteiger partial charge on any atom is -0.492 e. The van der Waals surface area contributed by atoms with Gasteiger partial charge in [0, 0.05) is 12.5 Å². The van der Waals surface area contributed by atoms with Crippen molar-refractivity contribution >= 4 is 21.8 Å². The summed E-state index contributed by atoms with van der Waals surface area (Å²) in [6.07, 6.45) is 15.5.